The van der Waals surface area contributed by atoms with Crippen molar-refractivity contribution in [2.45, 2.75) is 31.4 Å². The molecule has 0 N–H and O–H groups in total. The molecule has 2 aliphatic rings. The third-order valence-electron chi connectivity index (χ3n) is 5.30. The molecule has 2 aliphatic heterocycles. The zero-order valence-electron chi connectivity index (χ0n) is 14.9. The van der Waals surface area contributed by atoms with Gasteiger partial charge >= 0.3 is 6.09 Å². The number of hydrogen-bond acceptors (Lipinski definition) is 4. The van der Waals surface area contributed by atoms with Crippen LogP contribution in [0.5, 0.6) is 0 Å². The van der Waals surface area contributed by atoms with Gasteiger partial charge in [-0.25, -0.2) is 4.79 Å². The number of halogens is 1. The Morgan fingerprint density at radius 2 is 1.92 bits per heavy atom. The number of likely N-dealkylation sites (tertiary alicyclic amines) is 1. The number of nitrogens with zero attached hydrogens (tertiary/aromatic N) is 2. The highest BCUT2D eigenvalue weighted by atomic mass is 35.5. The molecule has 1 amide bonds. The number of benzene rings is 1. The Hall–Kier alpha value is -1.98. The predicted octanol–water partition coefficient (Wildman–Crippen LogP) is 4.41. The van der Waals surface area contributed by atoms with Gasteiger partial charge in [0.25, 0.3) is 0 Å². The van der Waals surface area contributed by atoms with Gasteiger partial charge in [-0.1, -0.05) is 11.6 Å². The van der Waals surface area contributed by atoms with E-state index >= 15 is 0 Å². The number of ether oxygens (including phenoxy) is 1. The number of likely N-dealkylation sites (N-methyl/N-ethyl adjacent to an activating group) is 1. The molecule has 138 valence electrons. The quantitative estimate of drug-likeness (QED) is 0.798. The molecule has 1 aromatic heterocycles. The van der Waals surface area contributed by atoms with E-state index in [1.807, 2.05) is 36.4 Å². The van der Waals surface area contributed by atoms with Crippen LogP contribution in [0.4, 0.5) is 4.79 Å². The summed E-state index contributed by atoms with van der Waals surface area (Å²) < 4.78 is 11.7. The molecule has 2 aromatic rings. The summed E-state index contributed by atoms with van der Waals surface area (Å²) in [6.45, 7) is 3.35. The summed E-state index contributed by atoms with van der Waals surface area (Å²) >= 11 is 5.95. The lowest BCUT2D eigenvalue weighted by molar-refractivity contribution is 0.0441. The molecule has 0 bridgehead atoms. The summed E-state index contributed by atoms with van der Waals surface area (Å²) in [5, 5.41) is 0.720. The van der Waals surface area contributed by atoms with Gasteiger partial charge in [0.2, 0.25) is 0 Å². The van der Waals surface area contributed by atoms with Crippen LogP contribution in [0.15, 0.2) is 40.8 Å². The molecule has 5 nitrogen and oxygen atoms in total. The van der Waals surface area contributed by atoms with Crippen LogP contribution in [0, 0.1) is 0 Å². The van der Waals surface area contributed by atoms with E-state index in [1.54, 1.807) is 11.9 Å². The SMILES string of the molecule is CN1C[C@@]2(CCCN(Cc3ccc(-c4ccc(Cl)cc4)o3)CC2)OC1=O. The van der Waals surface area contributed by atoms with E-state index < -0.39 is 0 Å². The van der Waals surface area contributed by atoms with Gasteiger partial charge in [0, 0.05) is 30.6 Å². The Bertz CT molecular complexity index is 789. The summed E-state index contributed by atoms with van der Waals surface area (Å²) in [6.07, 6.45) is 2.62. The van der Waals surface area contributed by atoms with Crippen molar-refractivity contribution in [1.82, 2.24) is 9.80 Å². The highest BCUT2D eigenvalue weighted by molar-refractivity contribution is 6.30. The molecule has 0 aliphatic carbocycles. The number of rotatable bonds is 3. The van der Waals surface area contributed by atoms with E-state index in [4.69, 9.17) is 20.8 Å². The van der Waals surface area contributed by atoms with Crippen molar-refractivity contribution in [1.29, 1.82) is 0 Å². The molecule has 1 atom stereocenters. The first-order chi connectivity index (χ1) is 12.5. The summed E-state index contributed by atoms with van der Waals surface area (Å²) in [4.78, 5) is 15.8. The first kappa shape index (κ1) is 17.4. The lowest BCUT2D eigenvalue weighted by Gasteiger charge is -2.25. The summed E-state index contributed by atoms with van der Waals surface area (Å²) in [7, 11) is 1.81. The minimum atomic E-state index is -0.307. The third kappa shape index (κ3) is 3.60. The largest absolute Gasteiger partial charge is 0.460 e. The summed E-state index contributed by atoms with van der Waals surface area (Å²) in [6, 6.07) is 11.7. The van der Waals surface area contributed by atoms with Crippen LogP contribution >= 0.6 is 11.6 Å². The summed E-state index contributed by atoms with van der Waals surface area (Å²) in [5.74, 6) is 1.81. The minimum absolute atomic E-state index is 0.197. The van der Waals surface area contributed by atoms with E-state index in [2.05, 4.69) is 4.90 Å². The smallest absolute Gasteiger partial charge is 0.410 e. The average Bonchev–Trinajstić information content (AvgIpc) is 3.12. The predicted molar refractivity (Wildman–Crippen MR) is 100 cm³/mol. The Morgan fingerprint density at radius 3 is 2.65 bits per heavy atom. The van der Waals surface area contributed by atoms with Crippen molar-refractivity contribution in [3.05, 3.63) is 47.2 Å². The van der Waals surface area contributed by atoms with Crippen LogP contribution in [0.3, 0.4) is 0 Å². The maximum Gasteiger partial charge on any atom is 0.410 e. The van der Waals surface area contributed by atoms with Crippen molar-refractivity contribution in [2.75, 3.05) is 26.7 Å². The van der Waals surface area contributed by atoms with Gasteiger partial charge in [0.15, 0.2) is 0 Å². The molecule has 3 heterocycles. The molecule has 6 heteroatoms. The van der Waals surface area contributed by atoms with Crippen molar-refractivity contribution >= 4 is 17.7 Å². The third-order valence-corrected chi connectivity index (χ3v) is 5.55. The van der Waals surface area contributed by atoms with Gasteiger partial charge in [-0.2, -0.15) is 0 Å². The van der Waals surface area contributed by atoms with Gasteiger partial charge in [0.05, 0.1) is 13.1 Å². The first-order valence-electron chi connectivity index (χ1n) is 9.04. The Balaban J connectivity index is 1.39. The molecule has 0 radical (unpaired) electrons. The second-order valence-electron chi connectivity index (χ2n) is 7.31. The Morgan fingerprint density at radius 1 is 1.12 bits per heavy atom. The second kappa shape index (κ2) is 6.97. The van der Waals surface area contributed by atoms with Crippen LogP contribution in [0.2, 0.25) is 5.02 Å². The number of hydrogen-bond donors (Lipinski definition) is 0. The van der Waals surface area contributed by atoms with Crippen molar-refractivity contribution in [3.63, 3.8) is 0 Å². The number of furan rings is 1. The molecule has 2 saturated heterocycles. The topological polar surface area (TPSA) is 45.9 Å². The van der Waals surface area contributed by atoms with Crippen LogP contribution in [0.1, 0.15) is 25.0 Å². The molecule has 1 aromatic carbocycles. The van der Waals surface area contributed by atoms with E-state index in [9.17, 15) is 4.79 Å². The highest BCUT2D eigenvalue weighted by Gasteiger charge is 2.44. The van der Waals surface area contributed by atoms with Crippen LogP contribution in [-0.4, -0.2) is 48.2 Å². The molecular formula is C20H23ClN2O3. The minimum Gasteiger partial charge on any atom is -0.460 e. The lowest BCUT2D eigenvalue weighted by atomic mass is 9.95. The number of carbonyl (C=O) groups excluding carboxylic acids is 1. The van der Waals surface area contributed by atoms with E-state index in [0.717, 1.165) is 61.0 Å². The molecule has 26 heavy (non-hydrogen) atoms. The Labute approximate surface area is 158 Å². The normalized spacial score (nSPS) is 24.1. The highest BCUT2D eigenvalue weighted by Crippen LogP contribution is 2.33. The number of amides is 1. The monoisotopic (exact) mass is 374 g/mol. The molecule has 2 fully saturated rings. The van der Waals surface area contributed by atoms with E-state index in [1.165, 1.54) is 0 Å². The fraction of sp³-hybridized carbons (Fsp3) is 0.450. The number of carbonyl (C=O) groups is 1. The maximum atomic E-state index is 11.8. The molecular weight excluding hydrogens is 352 g/mol. The van der Waals surface area contributed by atoms with Gasteiger partial charge in [-0.3, -0.25) is 4.90 Å². The van der Waals surface area contributed by atoms with Crippen LogP contribution in [-0.2, 0) is 11.3 Å². The lowest BCUT2D eigenvalue weighted by Crippen LogP contribution is -2.35. The van der Waals surface area contributed by atoms with Crippen molar-refractivity contribution in [3.8, 4) is 11.3 Å². The van der Waals surface area contributed by atoms with E-state index in [0.29, 0.717) is 6.54 Å². The molecule has 1 spiro atoms. The van der Waals surface area contributed by atoms with Gasteiger partial charge < -0.3 is 14.1 Å². The summed E-state index contributed by atoms with van der Waals surface area (Å²) in [5.41, 5.74) is 0.717. The zero-order valence-corrected chi connectivity index (χ0v) is 15.7. The van der Waals surface area contributed by atoms with Crippen LogP contribution < -0.4 is 0 Å². The first-order valence-corrected chi connectivity index (χ1v) is 9.42. The Kier molecular flexibility index (Phi) is 4.67. The molecule has 0 saturated carbocycles. The van der Waals surface area contributed by atoms with Gasteiger partial charge in [-0.05, 0) is 55.8 Å². The fourth-order valence-electron chi connectivity index (χ4n) is 3.89. The molecule has 4 rings (SSSR count). The van der Waals surface area contributed by atoms with Gasteiger partial charge in [-0.15, -0.1) is 0 Å². The maximum absolute atomic E-state index is 11.8. The molecule has 0 unspecified atom stereocenters. The van der Waals surface area contributed by atoms with Gasteiger partial charge in [0.1, 0.15) is 17.1 Å². The fourth-order valence-corrected chi connectivity index (χ4v) is 4.01. The van der Waals surface area contributed by atoms with Crippen LogP contribution in [0.25, 0.3) is 11.3 Å². The zero-order chi connectivity index (χ0) is 18.1. The van der Waals surface area contributed by atoms with Crippen molar-refractivity contribution in [2.24, 2.45) is 0 Å². The average molecular weight is 375 g/mol. The van der Waals surface area contributed by atoms with E-state index in [-0.39, 0.29) is 11.7 Å². The second-order valence-corrected chi connectivity index (χ2v) is 7.75. The standard InChI is InChI=1S/C20H23ClN2O3/c1-22-14-20(26-19(22)24)9-2-11-23(12-10-20)13-17-7-8-18(25-17)15-3-5-16(21)6-4-15/h3-8H,2,9-14H2,1H3/t20-/m0/s1. The van der Waals surface area contributed by atoms with Crippen molar-refractivity contribution < 1.29 is 13.9 Å².